The van der Waals surface area contributed by atoms with E-state index in [0.717, 1.165) is 38.8 Å². The van der Waals surface area contributed by atoms with Gasteiger partial charge < -0.3 is 15.1 Å². The van der Waals surface area contributed by atoms with E-state index >= 15 is 0 Å². The molecule has 0 aromatic carbocycles. The zero-order valence-electron chi connectivity index (χ0n) is 9.86. The minimum absolute atomic E-state index is 0.0649. The van der Waals surface area contributed by atoms with Gasteiger partial charge in [0.2, 0.25) is 0 Å². The first kappa shape index (κ1) is 12.9. The molecule has 1 saturated carbocycles. The van der Waals surface area contributed by atoms with Crippen LogP contribution in [0.1, 0.15) is 38.5 Å². The highest BCUT2D eigenvalue weighted by atomic mass is 16.3. The number of rotatable bonds is 7. The maximum absolute atomic E-state index is 9.69. The summed E-state index contributed by atoms with van der Waals surface area (Å²) in [5, 5.41) is 18.3. The lowest BCUT2D eigenvalue weighted by Crippen LogP contribution is -2.30. The molecule has 1 aliphatic rings. The van der Waals surface area contributed by atoms with Crippen molar-refractivity contribution in [2.75, 3.05) is 26.7 Å². The van der Waals surface area contributed by atoms with E-state index < -0.39 is 0 Å². The zero-order chi connectivity index (χ0) is 11.1. The van der Waals surface area contributed by atoms with Gasteiger partial charge in [-0.3, -0.25) is 0 Å². The lowest BCUT2D eigenvalue weighted by molar-refractivity contribution is 0.109. The van der Waals surface area contributed by atoms with Crippen LogP contribution >= 0.6 is 0 Å². The van der Waals surface area contributed by atoms with E-state index in [0.29, 0.717) is 12.5 Å². The molecule has 0 bridgehead atoms. The number of hydrogen-bond donors (Lipinski definition) is 2. The third-order valence-corrected chi connectivity index (χ3v) is 3.36. The first-order valence-electron chi connectivity index (χ1n) is 6.21. The second-order valence-electron chi connectivity index (χ2n) is 4.80. The molecule has 3 nitrogen and oxygen atoms in total. The van der Waals surface area contributed by atoms with Crippen LogP contribution in [0, 0.1) is 5.92 Å². The van der Waals surface area contributed by atoms with Crippen LogP contribution in [0.3, 0.4) is 0 Å². The van der Waals surface area contributed by atoms with Gasteiger partial charge in [-0.25, -0.2) is 0 Å². The van der Waals surface area contributed by atoms with Gasteiger partial charge in [-0.1, -0.05) is 6.42 Å². The number of aliphatic hydroxyl groups excluding tert-OH is 2. The molecule has 0 spiro atoms. The molecular weight excluding hydrogens is 190 g/mol. The standard InChI is InChI=1S/C12H25NO2/c1-13(8-3-2-4-9-14)10-11-6-5-7-12(11)15/h11-12,14-15H,2-10H2,1H3. The van der Waals surface area contributed by atoms with E-state index in [1.807, 2.05) is 0 Å². The summed E-state index contributed by atoms with van der Waals surface area (Å²) in [7, 11) is 2.13. The van der Waals surface area contributed by atoms with Crippen molar-refractivity contribution in [3.05, 3.63) is 0 Å². The second kappa shape index (κ2) is 7.20. The van der Waals surface area contributed by atoms with Gasteiger partial charge >= 0.3 is 0 Å². The fourth-order valence-corrected chi connectivity index (χ4v) is 2.39. The summed E-state index contributed by atoms with van der Waals surface area (Å²) in [6.45, 7) is 2.43. The maximum Gasteiger partial charge on any atom is 0.0580 e. The largest absolute Gasteiger partial charge is 0.396 e. The summed E-state index contributed by atoms with van der Waals surface area (Å²) in [5.41, 5.74) is 0. The van der Waals surface area contributed by atoms with Gasteiger partial charge in [0.1, 0.15) is 0 Å². The van der Waals surface area contributed by atoms with Crippen molar-refractivity contribution in [3.8, 4) is 0 Å². The van der Waals surface area contributed by atoms with E-state index in [4.69, 9.17) is 5.11 Å². The van der Waals surface area contributed by atoms with Crippen LogP contribution in [0.15, 0.2) is 0 Å². The van der Waals surface area contributed by atoms with E-state index in [1.54, 1.807) is 0 Å². The van der Waals surface area contributed by atoms with Gasteiger partial charge in [-0.05, 0) is 51.6 Å². The predicted molar refractivity (Wildman–Crippen MR) is 61.8 cm³/mol. The number of nitrogens with zero attached hydrogens (tertiary/aromatic N) is 1. The maximum atomic E-state index is 9.69. The van der Waals surface area contributed by atoms with Crippen molar-refractivity contribution in [2.24, 2.45) is 5.92 Å². The van der Waals surface area contributed by atoms with Gasteiger partial charge in [-0.2, -0.15) is 0 Å². The molecule has 0 aliphatic heterocycles. The smallest absolute Gasteiger partial charge is 0.0580 e. The number of aliphatic hydroxyl groups is 2. The first-order chi connectivity index (χ1) is 7.24. The molecule has 15 heavy (non-hydrogen) atoms. The normalized spacial score (nSPS) is 26.4. The van der Waals surface area contributed by atoms with Crippen LogP contribution in [0.25, 0.3) is 0 Å². The Morgan fingerprint density at radius 1 is 1.20 bits per heavy atom. The Labute approximate surface area is 93.1 Å². The van der Waals surface area contributed by atoms with Gasteiger partial charge in [-0.15, -0.1) is 0 Å². The fourth-order valence-electron chi connectivity index (χ4n) is 2.39. The molecule has 0 heterocycles. The van der Waals surface area contributed by atoms with Crippen molar-refractivity contribution in [1.29, 1.82) is 0 Å². The topological polar surface area (TPSA) is 43.7 Å². The summed E-state index contributed by atoms with van der Waals surface area (Å²) in [5.74, 6) is 0.493. The number of unbranched alkanes of at least 4 members (excludes halogenated alkanes) is 2. The van der Waals surface area contributed by atoms with Crippen LogP contribution in [0.4, 0.5) is 0 Å². The van der Waals surface area contributed by atoms with Crippen LogP contribution in [-0.4, -0.2) is 48.0 Å². The van der Waals surface area contributed by atoms with Gasteiger partial charge in [0, 0.05) is 13.2 Å². The molecular formula is C12H25NO2. The van der Waals surface area contributed by atoms with E-state index in [-0.39, 0.29) is 6.10 Å². The Morgan fingerprint density at radius 2 is 2.00 bits per heavy atom. The highest BCUT2D eigenvalue weighted by molar-refractivity contribution is 4.78. The van der Waals surface area contributed by atoms with Crippen molar-refractivity contribution >= 4 is 0 Å². The van der Waals surface area contributed by atoms with Gasteiger partial charge in [0.15, 0.2) is 0 Å². The van der Waals surface area contributed by atoms with Crippen molar-refractivity contribution in [1.82, 2.24) is 4.90 Å². The average molecular weight is 215 g/mol. The fraction of sp³-hybridized carbons (Fsp3) is 1.00. The quantitative estimate of drug-likeness (QED) is 0.628. The molecule has 2 N–H and O–H groups in total. The Hall–Kier alpha value is -0.120. The summed E-state index contributed by atoms with van der Waals surface area (Å²) >= 11 is 0. The molecule has 1 fully saturated rings. The van der Waals surface area contributed by atoms with Gasteiger partial charge in [0.25, 0.3) is 0 Å². The first-order valence-corrected chi connectivity index (χ1v) is 6.21. The highest BCUT2D eigenvalue weighted by Gasteiger charge is 2.25. The summed E-state index contributed by atoms with van der Waals surface area (Å²) in [6.07, 6.45) is 6.47. The zero-order valence-corrected chi connectivity index (χ0v) is 9.86. The monoisotopic (exact) mass is 215 g/mol. The molecule has 90 valence electrons. The Kier molecular flexibility index (Phi) is 6.22. The molecule has 0 aromatic heterocycles. The minimum atomic E-state index is -0.0649. The van der Waals surface area contributed by atoms with Crippen LogP contribution < -0.4 is 0 Å². The molecule has 1 aliphatic carbocycles. The minimum Gasteiger partial charge on any atom is -0.396 e. The molecule has 1 rings (SSSR count). The predicted octanol–water partition coefficient (Wildman–Crippen LogP) is 1.24. The second-order valence-corrected chi connectivity index (χ2v) is 4.80. The third kappa shape index (κ3) is 4.96. The lowest BCUT2D eigenvalue weighted by Gasteiger charge is -2.22. The van der Waals surface area contributed by atoms with E-state index in [1.165, 1.54) is 12.8 Å². The van der Waals surface area contributed by atoms with Crippen molar-refractivity contribution < 1.29 is 10.2 Å². The molecule has 0 amide bonds. The van der Waals surface area contributed by atoms with Gasteiger partial charge in [0.05, 0.1) is 6.10 Å². The molecule has 2 unspecified atom stereocenters. The average Bonchev–Trinajstić information content (AvgIpc) is 2.59. The SMILES string of the molecule is CN(CCCCCO)CC1CCCC1O. The van der Waals surface area contributed by atoms with E-state index in [2.05, 4.69) is 11.9 Å². The Bertz CT molecular complexity index is 164. The van der Waals surface area contributed by atoms with Crippen molar-refractivity contribution in [2.45, 2.75) is 44.6 Å². The van der Waals surface area contributed by atoms with Crippen LogP contribution in [0.2, 0.25) is 0 Å². The van der Waals surface area contributed by atoms with E-state index in [9.17, 15) is 5.11 Å². The third-order valence-electron chi connectivity index (χ3n) is 3.36. The lowest BCUT2D eigenvalue weighted by atomic mass is 10.1. The summed E-state index contributed by atoms with van der Waals surface area (Å²) < 4.78 is 0. The van der Waals surface area contributed by atoms with Crippen LogP contribution in [0.5, 0.6) is 0 Å². The molecule has 0 radical (unpaired) electrons. The molecule has 3 heteroatoms. The summed E-state index contributed by atoms with van der Waals surface area (Å²) in [6, 6.07) is 0. The highest BCUT2D eigenvalue weighted by Crippen LogP contribution is 2.25. The molecule has 0 saturated heterocycles. The number of hydrogen-bond acceptors (Lipinski definition) is 3. The summed E-state index contributed by atoms with van der Waals surface area (Å²) in [4.78, 5) is 2.32. The van der Waals surface area contributed by atoms with Crippen molar-refractivity contribution in [3.63, 3.8) is 0 Å². The Morgan fingerprint density at radius 3 is 2.60 bits per heavy atom. The Balaban J connectivity index is 2.04. The molecule has 2 atom stereocenters. The molecule has 0 aromatic rings. The van der Waals surface area contributed by atoms with Crippen LogP contribution in [-0.2, 0) is 0 Å².